The van der Waals surface area contributed by atoms with E-state index in [9.17, 15) is 13.2 Å². The molecule has 1 heterocycles. The van der Waals surface area contributed by atoms with E-state index in [0.29, 0.717) is 13.0 Å². The molecule has 0 radical (unpaired) electrons. The predicted molar refractivity (Wildman–Crippen MR) is 54.4 cm³/mol. The summed E-state index contributed by atoms with van der Waals surface area (Å²) in [6.45, 7) is 5.93. The number of hydrogen-bond donors (Lipinski definition) is 0. The lowest BCUT2D eigenvalue weighted by molar-refractivity contribution is -0.126. The van der Waals surface area contributed by atoms with Gasteiger partial charge in [0.15, 0.2) is 5.78 Å². The third-order valence-corrected chi connectivity index (χ3v) is 4.26. The zero-order valence-electron chi connectivity index (χ0n) is 8.91. The van der Waals surface area contributed by atoms with Gasteiger partial charge in [0, 0.05) is 12.0 Å². The maximum absolute atomic E-state index is 11.6. The third-order valence-electron chi connectivity index (χ3n) is 2.36. The molecule has 0 spiro atoms. The molecule has 0 unspecified atom stereocenters. The Morgan fingerprint density at radius 3 is 2.29 bits per heavy atom. The largest absolute Gasteiger partial charge is 0.298 e. The molecule has 1 saturated heterocycles. The second kappa shape index (κ2) is 3.62. The minimum absolute atomic E-state index is 0.0250. The molecule has 0 aromatic carbocycles. The van der Waals surface area contributed by atoms with E-state index in [1.807, 2.05) is 0 Å². The molecule has 1 rings (SSSR count). The lowest BCUT2D eigenvalue weighted by Crippen LogP contribution is -2.36. The van der Waals surface area contributed by atoms with E-state index in [1.54, 1.807) is 20.8 Å². The van der Waals surface area contributed by atoms with Gasteiger partial charge in [0.25, 0.3) is 0 Å². The quantitative estimate of drug-likeness (QED) is 0.684. The van der Waals surface area contributed by atoms with Gasteiger partial charge in [-0.25, -0.2) is 8.42 Å². The number of hydrogen-bond acceptors (Lipinski definition) is 3. The van der Waals surface area contributed by atoms with Crippen LogP contribution < -0.4 is 0 Å². The highest BCUT2D eigenvalue weighted by atomic mass is 32.2. The molecule has 0 aliphatic carbocycles. The summed E-state index contributed by atoms with van der Waals surface area (Å²) in [6.07, 6.45) is 0.639. The molecule has 1 aliphatic heterocycles. The SMILES string of the molecule is CC(C)(C)C(=O)CN1CCCS1(=O)=O. The van der Waals surface area contributed by atoms with Crippen LogP contribution in [-0.4, -0.2) is 37.3 Å². The summed E-state index contributed by atoms with van der Waals surface area (Å²) in [5.41, 5.74) is -0.460. The highest BCUT2D eigenvalue weighted by Gasteiger charge is 2.32. The Hall–Kier alpha value is -0.420. The van der Waals surface area contributed by atoms with Crippen LogP contribution in [0.4, 0.5) is 0 Å². The Kier molecular flexibility index (Phi) is 3.02. The van der Waals surface area contributed by atoms with E-state index in [1.165, 1.54) is 4.31 Å². The minimum atomic E-state index is -3.13. The standard InChI is InChI=1S/C9H17NO3S/c1-9(2,3)8(11)7-10-5-4-6-14(10,12)13/h4-7H2,1-3H3. The second-order valence-corrected chi connectivity index (χ2v) is 6.76. The zero-order valence-corrected chi connectivity index (χ0v) is 9.73. The summed E-state index contributed by atoms with van der Waals surface area (Å²) in [7, 11) is -3.13. The van der Waals surface area contributed by atoms with Crippen molar-refractivity contribution in [1.29, 1.82) is 0 Å². The van der Waals surface area contributed by atoms with Gasteiger partial charge in [-0.3, -0.25) is 4.79 Å². The van der Waals surface area contributed by atoms with Crippen LogP contribution in [0.15, 0.2) is 0 Å². The van der Waals surface area contributed by atoms with E-state index in [-0.39, 0.29) is 18.1 Å². The summed E-state index contributed by atoms with van der Waals surface area (Å²) in [4.78, 5) is 11.6. The molecule has 5 heteroatoms. The van der Waals surface area contributed by atoms with Crippen LogP contribution in [0.25, 0.3) is 0 Å². The third kappa shape index (κ3) is 2.54. The van der Waals surface area contributed by atoms with Gasteiger partial charge in [-0.05, 0) is 6.42 Å². The van der Waals surface area contributed by atoms with Gasteiger partial charge < -0.3 is 0 Å². The number of nitrogens with zero attached hydrogens (tertiary/aromatic N) is 1. The molecule has 0 saturated carbocycles. The van der Waals surface area contributed by atoms with E-state index in [4.69, 9.17) is 0 Å². The first-order chi connectivity index (χ1) is 6.23. The van der Waals surface area contributed by atoms with Crippen molar-refractivity contribution in [3.05, 3.63) is 0 Å². The van der Waals surface area contributed by atoms with Crippen molar-refractivity contribution >= 4 is 15.8 Å². The van der Waals surface area contributed by atoms with Crippen LogP contribution >= 0.6 is 0 Å². The minimum Gasteiger partial charge on any atom is -0.298 e. The fourth-order valence-electron chi connectivity index (χ4n) is 1.27. The summed E-state index contributed by atoms with van der Waals surface area (Å²) < 4.78 is 24.1. The molecule has 0 atom stereocenters. The fraction of sp³-hybridized carbons (Fsp3) is 0.889. The fourth-order valence-corrected chi connectivity index (χ4v) is 2.74. The van der Waals surface area contributed by atoms with Crippen molar-refractivity contribution < 1.29 is 13.2 Å². The van der Waals surface area contributed by atoms with Gasteiger partial charge >= 0.3 is 0 Å². The lowest BCUT2D eigenvalue weighted by Gasteiger charge is -2.20. The zero-order chi connectivity index (χ0) is 11.0. The first-order valence-corrected chi connectivity index (χ1v) is 6.35. The molecule has 0 bridgehead atoms. The maximum atomic E-state index is 11.6. The van der Waals surface area contributed by atoms with Crippen molar-refractivity contribution in [2.75, 3.05) is 18.8 Å². The molecule has 0 aromatic heterocycles. The Morgan fingerprint density at radius 2 is 1.93 bits per heavy atom. The lowest BCUT2D eigenvalue weighted by atomic mass is 9.91. The van der Waals surface area contributed by atoms with Gasteiger partial charge in [0.05, 0.1) is 12.3 Å². The molecule has 1 aliphatic rings. The first kappa shape index (κ1) is 11.7. The van der Waals surface area contributed by atoms with Gasteiger partial charge in [-0.15, -0.1) is 0 Å². The number of rotatable bonds is 2. The second-order valence-electron chi connectivity index (χ2n) is 4.68. The highest BCUT2D eigenvalue weighted by Crippen LogP contribution is 2.19. The van der Waals surface area contributed by atoms with E-state index < -0.39 is 15.4 Å². The number of ketones is 1. The Labute approximate surface area is 85.3 Å². The number of sulfonamides is 1. The van der Waals surface area contributed by atoms with Crippen molar-refractivity contribution in [2.24, 2.45) is 5.41 Å². The van der Waals surface area contributed by atoms with Crippen LogP contribution in [0.2, 0.25) is 0 Å². The molecule has 0 amide bonds. The number of Topliss-reactive ketones (excluding diaryl/α,β-unsaturated/α-hetero) is 1. The Morgan fingerprint density at radius 1 is 1.36 bits per heavy atom. The number of carbonyl (C=O) groups excluding carboxylic acids is 1. The predicted octanol–water partition coefficient (Wildman–Crippen LogP) is 0.637. The Balaban J connectivity index is 2.67. The summed E-state index contributed by atoms with van der Waals surface area (Å²) in [5, 5.41) is 0. The van der Waals surface area contributed by atoms with Crippen molar-refractivity contribution in [3.8, 4) is 0 Å². The van der Waals surface area contributed by atoms with Gasteiger partial charge in [-0.1, -0.05) is 20.8 Å². The molecule has 14 heavy (non-hydrogen) atoms. The van der Waals surface area contributed by atoms with Gasteiger partial charge in [0.2, 0.25) is 10.0 Å². The first-order valence-electron chi connectivity index (χ1n) is 4.74. The Bertz CT molecular complexity index is 326. The van der Waals surface area contributed by atoms with Crippen molar-refractivity contribution in [1.82, 2.24) is 4.31 Å². The molecular formula is C9H17NO3S. The monoisotopic (exact) mass is 219 g/mol. The molecule has 4 nitrogen and oxygen atoms in total. The van der Waals surface area contributed by atoms with Crippen LogP contribution in [0, 0.1) is 5.41 Å². The molecule has 1 fully saturated rings. The van der Waals surface area contributed by atoms with E-state index >= 15 is 0 Å². The summed E-state index contributed by atoms with van der Waals surface area (Å²) in [6, 6.07) is 0. The molecule has 0 N–H and O–H groups in total. The summed E-state index contributed by atoms with van der Waals surface area (Å²) >= 11 is 0. The topological polar surface area (TPSA) is 54.5 Å². The molecular weight excluding hydrogens is 202 g/mol. The average Bonchev–Trinajstić information content (AvgIpc) is 2.29. The van der Waals surface area contributed by atoms with E-state index in [2.05, 4.69) is 0 Å². The average molecular weight is 219 g/mol. The number of carbonyl (C=O) groups is 1. The van der Waals surface area contributed by atoms with Crippen LogP contribution in [0.5, 0.6) is 0 Å². The van der Waals surface area contributed by atoms with Gasteiger partial charge in [-0.2, -0.15) is 4.31 Å². The van der Waals surface area contributed by atoms with Crippen LogP contribution in [-0.2, 0) is 14.8 Å². The van der Waals surface area contributed by atoms with Crippen molar-refractivity contribution in [2.45, 2.75) is 27.2 Å². The van der Waals surface area contributed by atoms with Crippen LogP contribution in [0.3, 0.4) is 0 Å². The highest BCUT2D eigenvalue weighted by molar-refractivity contribution is 7.89. The molecule has 82 valence electrons. The van der Waals surface area contributed by atoms with Crippen LogP contribution in [0.1, 0.15) is 27.2 Å². The van der Waals surface area contributed by atoms with E-state index in [0.717, 1.165) is 0 Å². The maximum Gasteiger partial charge on any atom is 0.214 e. The van der Waals surface area contributed by atoms with Gasteiger partial charge in [0.1, 0.15) is 0 Å². The normalized spacial score (nSPS) is 22.5. The summed E-state index contributed by atoms with van der Waals surface area (Å²) in [5.74, 6) is 0.160. The smallest absolute Gasteiger partial charge is 0.214 e. The van der Waals surface area contributed by atoms with Crippen molar-refractivity contribution in [3.63, 3.8) is 0 Å². The molecule has 0 aromatic rings.